The van der Waals surface area contributed by atoms with Gasteiger partial charge in [-0.2, -0.15) is 0 Å². The maximum absolute atomic E-state index is 9.82. The first-order valence-electron chi connectivity index (χ1n) is 7.23. The predicted octanol–water partition coefficient (Wildman–Crippen LogP) is 3.02. The predicted molar refractivity (Wildman–Crippen MR) is 85.0 cm³/mol. The van der Waals surface area contributed by atoms with Gasteiger partial charge in [-0.25, -0.2) is 9.97 Å². The Labute approximate surface area is 128 Å². The smallest absolute Gasteiger partial charge is 0.146 e. The van der Waals surface area contributed by atoms with Gasteiger partial charge in [-0.3, -0.25) is 0 Å². The topological polar surface area (TPSA) is 70.1 Å². The lowest BCUT2D eigenvalue weighted by atomic mass is 9.77. The van der Waals surface area contributed by atoms with Crippen LogP contribution in [0.15, 0.2) is 10.8 Å². The molecule has 0 aliphatic heterocycles. The Morgan fingerprint density at radius 2 is 2.00 bits per heavy atom. The fraction of sp³-hybridized carbons (Fsp3) is 0.714. The van der Waals surface area contributed by atoms with Crippen molar-refractivity contribution < 1.29 is 5.11 Å². The molecular weight excluding hydrogens is 320 g/mol. The first-order chi connectivity index (χ1) is 9.60. The molecule has 6 heteroatoms. The van der Waals surface area contributed by atoms with E-state index >= 15 is 0 Å². The van der Waals surface area contributed by atoms with Gasteiger partial charge in [-0.05, 0) is 54.5 Å². The summed E-state index contributed by atoms with van der Waals surface area (Å²) in [6.45, 7) is 5.23. The molecule has 1 aliphatic rings. The summed E-state index contributed by atoms with van der Waals surface area (Å²) in [5.74, 6) is 2.27. The molecule has 1 aromatic heterocycles. The summed E-state index contributed by atoms with van der Waals surface area (Å²) < 4.78 is 0.827. The van der Waals surface area contributed by atoms with E-state index < -0.39 is 0 Å². The van der Waals surface area contributed by atoms with Crippen LogP contribution in [0.25, 0.3) is 0 Å². The molecule has 0 spiro atoms. The van der Waals surface area contributed by atoms with E-state index in [4.69, 9.17) is 0 Å². The summed E-state index contributed by atoms with van der Waals surface area (Å²) in [7, 11) is 0. The molecule has 20 heavy (non-hydrogen) atoms. The average Bonchev–Trinajstić information content (AvgIpc) is 2.46. The number of anilines is 2. The number of hydrogen-bond donors (Lipinski definition) is 3. The minimum atomic E-state index is -0.257. The zero-order valence-electron chi connectivity index (χ0n) is 12.1. The third kappa shape index (κ3) is 3.41. The Morgan fingerprint density at radius 1 is 1.35 bits per heavy atom. The second kappa shape index (κ2) is 6.72. The molecule has 112 valence electrons. The minimum Gasteiger partial charge on any atom is -0.394 e. The highest BCUT2D eigenvalue weighted by molar-refractivity contribution is 9.10. The van der Waals surface area contributed by atoms with Crippen molar-refractivity contribution in [1.29, 1.82) is 0 Å². The quantitative estimate of drug-likeness (QED) is 0.767. The summed E-state index contributed by atoms with van der Waals surface area (Å²) in [5.41, 5.74) is -0.257. The monoisotopic (exact) mass is 342 g/mol. The molecule has 1 aliphatic carbocycles. The van der Waals surface area contributed by atoms with Gasteiger partial charge in [-0.15, -0.1) is 0 Å². The molecule has 0 atom stereocenters. The zero-order chi connectivity index (χ0) is 14.6. The van der Waals surface area contributed by atoms with E-state index in [1.165, 1.54) is 0 Å². The number of rotatable bonds is 5. The number of aliphatic hydroxyl groups excluding tert-OH is 1. The lowest BCUT2D eigenvalue weighted by Gasteiger charge is -2.39. The summed E-state index contributed by atoms with van der Waals surface area (Å²) in [5, 5.41) is 16.5. The minimum absolute atomic E-state index is 0.132. The molecule has 1 heterocycles. The molecular formula is C14H23BrN4O. The SMILES string of the molecule is CCNc1ncnc(NC2(CO)CCC(C)CC2)c1Br. The molecule has 0 unspecified atom stereocenters. The van der Waals surface area contributed by atoms with Gasteiger partial charge in [0, 0.05) is 6.54 Å². The number of hydrogen-bond acceptors (Lipinski definition) is 5. The van der Waals surface area contributed by atoms with E-state index in [1.54, 1.807) is 6.33 Å². The highest BCUT2D eigenvalue weighted by Gasteiger charge is 2.34. The van der Waals surface area contributed by atoms with Gasteiger partial charge >= 0.3 is 0 Å². The Morgan fingerprint density at radius 3 is 2.60 bits per heavy atom. The standard InChI is InChI=1S/C14H23BrN4O/c1-3-16-12-11(15)13(18-9-17-12)19-14(8-20)6-4-10(2)5-7-14/h9-10,20H,3-8H2,1-2H3,(H2,16,17,18,19). The number of aliphatic hydroxyl groups is 1. The van der Waals surface area contributed by atoms with E-state index in [2.05, 4.69) is 43.5 Å². The summed E-state index contributed by atoms with van der Waals surface area (Å²) in [6, 6.07) is 0. The maximum Gasteiger partial charge on any atom is 0.146 e. The third-order valence-corrected chi connectivity index (χ3v) is 4.80. The lowest BCUT2D eigenvalue weighted by molar-refractivity contribution is 0.155. The summed E-state index contributed by atoms with van der Waals surface area (Å²) in [6.07, 6.45) is 5.75. The lowest BCUT2D eigenvalue weighted by Crippen LogP contribution is -2.45. The van der Waals surface area contributed by atoms with Gasteiger partial charge in [0.2, 0.25) is 0 Å². The molecule has 5 nitrogen and oxygen atoms in total. The van der Waals surface area contributed by atoms with Crippen LogP contribution >= 0.6 is 15.9 Å². The highest BCUT2D eigenvalue weighted by atomic mass is 79.9. The number of aromatic nitrogens is 2. The average molecular weight is 343 g/mol. The molecule has 0 amide bonds. The van der Waals surface area contributed by atoms with Crippen LogP contribution in [-0.4, -0.2) is 33.8 Å². The Hall–Kier alpha value is -0.880. The number of halogens is 1. The molecule has 0 aromatic carbocycles. The maximum atomic E-state index is 9.82. The fourth-order valence-electron chi connectivity index (χ4n) is 2.64. The van der Waals surface area contributed by atoms with Crippen molar-refractivity contribution in [2.24, 2.45) is 5.92 Å². The first kappa shape index (κ1) is 15.5. The molecule has 1 saturated carbocycles. The van der Waals surface area contributed by atoms with Crippen LogP contribution in [0.3, 0.4) is 0 Å². The molecule has 3 N–H and O–H groups in total. The molecule has 0 bridgehead atoms. The first-order valence-corrected chi connectivity index (χ1v) is 8.03. The Bertz CT molecular complexity index is 447. The van der Waals surface area contributed by atoms with Crippen molar-refractivity contribution in [2.75, 3.05) is 23.8 Å². The second-order valence-corrected chi connectivity index (χ2v) is 6.45. The molecule has 0 radical (unpaired) electrons. The Kier molecular flexibility index (Phi) is 5.21. The molecule has 1 aromatic rings. The normalized spacial score (nSPS) is 26.3. The van der Waals surface area contributed by atoms with Gasteiger partial charge in [0.25, 0.3) is 0 Å². The van der Waals surface area contributed by atoms with Crippen LogP contribution in [0, 0.1) is 5.92 Å². The number of nitrogens with one attached hydrogen (secondary N) is 2. The summed E-state index contributed by atoms with van der Waals surface area (Å²) >= 11 is 3.54. The largest absolute Gasteiger partial charge is 0.394 e. The van der Waals surface area contributed by atoms with E-state index in [1.807, 2.05) is 6.92 Å². The fourth-order valence-corrected chi connectivity index (χ4v) is 3.08. The van der Waals surface area contributed by atoms with Crippen LogP contribution in [-0.2, 0) is 0 Å². The van der Waals surface area contributed by atoms with Gasteiger partial charge < -0.3 is 15.7 Å². The van der Waals surface area contributed by atoms with Gasteiger partial charge in [0.05, 0.1) is 12.1 Å². The van der Waals surface area contributed by atoms with Crippen molar-refractivity contribution in [2.45, 2.75) is 45.1 Å². The summed E-state index contributed by atoms with van der Waals surface area (Å²) in [4.78, 5) is 8.52. The van der Waals surface area contributed by atoms with Crippen molar-refractivity contribution >= 4 is 27.6 Å². The van der Waals surface area contributed by atoms with Crippen molar-refractivity contribution in [3.05, 3.63) is 10.8 Å². The van der Waals surface area contributed by atoms with Crippen LogP contribution in [0.2, 0.25) is 0 Å². The van der Waals surface area contributed by atoms with Crippen LogP contribution in [0.5, 0.6) is 0 Å². The third-order valence-electron chi connectivity index (χ3n) is 4.05. The van der Waals surface area contributed by atoms with Crippen molar-refractivity contribution in [3.63, 3.8) is 0 Å². The van der Waals surface area contributed by atoms with Crippen molar-refractivity contribution in [1.82, 2.24) is 9.97 Å². The van der Waals surface area contributed by atoms with E-state index in [-0.39, 0.29) is 12.1 Å². The van der Waals surface area contributed by atoms with Gasteiger partial charge in [0.1, 0.15) is 22.4 Å². The molecule has 1 fully saturated rings. The Balaban J connectivity index is 2.17. The van der Waals surface area contributed by atoms with Crippen LogP contribution in [0.4, 0.5) is 11.6 Å². The highest BCUT2D eigenvalue weighted by Crippen LogP contribution is 2.36. The van der Waals surface area contributed by atoms with E-state index in [0.29, 0.717) is 0 Å². The number of nitrogens with zero attached hydrogens (tertiary/aromatic N) is 2. The van der Waals surface area contributed by atoms with Crippen LogP contribution in [0.1, 0.15) is 39.5 Å². The van der Waals surface area contributed by atoms with E-state index in [9.17, 15) is 5.11 Å². The zero-order valence-corrected chi connectivity index (χ0v) is 13.7. The second-order valence-electron chi connectivity index (χ2n) is 5.66. The molecule has 0 saturated heterocycles. The van der Waals surface area contributed by atoms with Gasteiger partial charge in [-0.1, -0.05) is 6.92 Å². The van der Waals surface area contributed by atoms with Crippen LogP contribution < -0.4 is 10.6 Å². The molecule has 2 rings (SSSR count). The van der Waals surface area contributed by atoms with Gasteiger partial charge in [0.15, 0.2) is 0 Å². The van der Waals surface area contributed by atoms with Crippen molar-refractivity contribution in [3.8, 4) is 0 Å². The van der Waals surface area contributed by atoms with E-state index in [0.717, 1.165) is 54.3 Å².